The summed E-state index contributed by atoms with van der Waals surface area (Å²) in [5.74, 6) is 0.0302. The Hall–Kier alpha value is -1.36. The van der Waals surface area contributed by atoms with Gasteiger partial charge in [0, 0.05) is 23.1 Å². The molecule has 1 aliphatic heterocycles. The van der Waals surface area contributed by atoms with Gasteiger partial charge < -0.3 is 10.2 Å². The molecule has 1 N–H and O–H groups in total. The van der Waals surface area contributed by atoms with Gasteiger partial charge >= 0.3 is 0 Å². The van der Waals surface area contributed by atoms with Crippen LogP contribution in [-0.4, -0.2) is 31.3 Å². The highest BCUT2D eigenvalue weighted by molar-refractivity contribution is 9.10. The molecule has 1 saturated heterocycles. The SMILES string of the molecule is CC1C(=O)NCCN1c1ccc(C=O)cc1Br. The standard InChI is InChI=1S/C12H13BrN2O2/c1-8-12(17)14-4-5-15(8)11-3-2-9(7-16)6-10(11)13/h2-3,6-8H,4-5H2,1H3,(H,14,17). The molecule has 1 heterocycles. The van der Waals surface area contributed by atoms with E-state index in [1.54, 1.807) is 12.1 Å². The molecular formula is C12H13BrN2O2. The van der Waals surface area contributed by atoms with Crippen molar-refractivity contribution in [2.75, 3.05) is 18.0 Å². The average Bonchev–Trinajstić information content (AvgIpc) is 2.33. The van der Waals surface area contributed by atoms with Gasteiger partial charge in [-0.2, -0.15) is 0 Å². The van der Waals surface area contributed by atoms with E-state index in [0.29, 0.717) is 12.1 Å². The third-order valence-electron chi connectivity index (χ3n) is 2.92. The molecule has 1 unspecified atom stereocenters. The van der Waals surface area contributed by atoms with Crippen molar-refractivity contribution in [1.29, 1.82) is 0 Å². The minimum absolute atomic E-state index is 0.0302. The van der Waals surface area contributed by atoms with E-state index >= 15 is 0 Å². The van der Waals surface area contributed by atoms with E-state index in [0.717, 1.165) is 23.0 Å². The molecule has 17 heavy (non-hydrogen) atoms. The normalized spacial score (nSPS) is 20.0. The lowest BCUT2D eigenvalue weighted by molar-refractivity contribution is -0.122. The first kappa shape index (κ1) is 12.1. The number of halogens is 1. The summed E-state index contributed by atoms with van der Waals surface area (Å²) >= 11 is 3.44. The zero-order chi connectivity index (χ0) is 12.4. The summed E-state index contributed by atoms with van der Waals surface area (Å²) in [7, 11) is 0. The summed E-state index contributed by atoms with van der Waals surface area (Å²) in [6, 6.07) is 5.19. The van der Waals surface area contributed by atoms with Crippen LogP contribution in [0.15, 0.2) is 22.7 Å². The summed E-state index contributed by atoms with van der Waals surface area (Å²) in [6.45, 7) is 3.28. The topological polar surface area (TPSA) is 49.4 Å². The Bertz CT molecular complexity index is 462. The first-order valence-corrected chi connectivity index (χ1v) is 6.22. The predicted octanol–water partition coefficient (Wildman–Crippen LogP) is 1.59. The number of aldehydes is 1. The van der Waals surface area contributed by atoms with Crippen LogP contribution in [0, 0.1) is 0 Å². The molecule has 0 aromatic heterocycles. The van der Waals surface area contributed by atoms with E-state index in [1.807, 2.05) is 17.9 Å². The quantitative estimate of drug-likeness (QED) is 0.843. The summed E-state index contributed by atoms with van der Waals surface area (Å²) < 4.78 is 0.837. The summed E-state index contributed by atoms with van der Waals surface area (Å²) in [5.41, 5.74) is 1.56. The van der Waals surface area contributed by atoms with Crippen molar-refractivity contribution < 1.29 is 9.59 Å². The van der Waals surface area contributed by atoms with E-state index in [2.05, 4.69) is 21.2 Å². The molecule has 1 aromatic rings. The van der Waals surface area contributed by atoms with Crippen molar-refractivity contribution >= 4 is 33.8 Å². The van der Waals surface area contributed by atoms with Crippen molar-refractivity contribution in [2.24, 2.45) is 0 Å². The summed E-state index contributed by atoms with van der Waals surface area (Å²) in [6.07, 6.45) is 0.806. The number of hydrogen-bond donors (Lipinski definition) is 1. The fourth-order valence-corrected chi connectivity index (χ4v) is 2.57. The van der Waals surface area contributed by atoms with Gasteiger partial charge in [-0.1, -0.05) is 0 Å². The van der Waals surface area contributed by atoms with E-state index in [1.165, 1.54) is 0 Å². The maximum atomic E-state index is 11.6. The number of nitrogens with zero attached hydrogens (tertiary/aromatic N) is 1. The smallest absolute Gasteiger partial charge is 0.242 e. The number of anilines is 1. The molecule has 1 aliphatic rings. The number of hydrogen-bond acceptors (Lipinski definition) is 3. The van der Waals surface area contributed by atoms with Crippen molar-refractivity contribution in [2.45, 2.75) is 13.0 Å². The van der Waals surface area contributed by atoms with Gasteiger partial charge in [0.25, 0.3) is 0 Å². The predicted molar refractivity (Wildman–Crippen MR) is 69.3 cm³/mol. The molecule has 0 aliphatic carbocycles. The van der Waals surface area contributed by atoms with Gasteiger partial charge in [-0.05, 0) is 41.1 Å². The highest BCUT2D eigenvalue weighted by Crippen LogP contribution is 2.29. The monoisotopic (exact) mass is 296 g/mol. The minimum atomic E-state index is -0.192. The van der Waals surface area contributed by atoms with Crippen LogP contribution in [0.4, 0.5) is 5.69 Å². The first-order chi connectivity index (χ1) is 8.13. The Morgan fingerprint density at radius 2 is 2.29 bits per heavy atom. The molecule has 1 amide bonds. The fraction of sp³-hybridized carbons (Fsp3) is 0.333. The molecular weight excluding hydrogens is 284 g/mol. The van der Waals surface area contributed by atoms with E-state index in [9.17, 15) is 9.59 Å². The molecule has 0 bridgehead atoms. The molecule has 4 nitrogen and oxygen atoms in total. The van der Waals surface area contributed by atoms with Crippen molar-refractivity contribution in [3.05, 3.63) is 28.2 Å². The number of amides is 1. The van der Waals surface area contributed by atoms with Crippen LogP contribution in [0.25, 0.3) is 0 Å². The lowest BCUT2D eigenvalue weighted by atomic mass is 10.1. The average molecular weight is 297 g/mol. The second kappa shape index (κ2) is 4.87. The zero-order valence-electron chi connectivity index (χ0n) is 9.44. The van der Waals surface area contributed by atoms with Crippen LogP contribution in [0.3, 0.4) is 0 Å². The lowest BCUT2D eigenvalue weighted by Crippen LogP contribution is -2.54. The molecule has 5 heteroatoms. The fourth-order valence-electron chi connectivity index (χ4n) is 1.94. The Balaban J connectivity index is 2.33. The van der Waals surface area contributed by atoms with Gasteiger partial charge in [-0.25, -0.2) is 0 Å². The second-order valence-corrected chi connectivity index (χ2v) is 4.84. The molecule has 1 atom stereocenters. The summed E-state index contributed by atoms with van der Waals surface area (Å²) in [5, 5.41) is 2.82. The van der Waals surface area contributed by atoms with E-state index in [-0.39, 0.29) is 11.9 Å². The van der Waals surface area contributed by atoms with Gasteiger partial charge in [-0.3, -0.25) is 9.59 Å². The second-order valence-electron chi connectivity index (χ2n) is 3.99. The molecule has 2 rings (SSSR count). The Labute approximate surface area is 108 Å². The number of nitrogens with one attached hydrogen (secondary N) is 1. The van der Waals surface area contributed by atoms with E-state index in [4.69, 9.17) is 0 Å². The van der Waals surface area contributed by atoms with Gasteiger partial charge in [0.15, 0.2) is 0 Å². The third kappa shape index (κ3) is 2.34. The van der Waals surface area contributed by atoms with Gasteiger partial charge in [0.2, 0.25) is 5.91 Å². The van der Waals surface area contributed by atoms with Crippen LogP contribution in [0.5, 0.6) is 0 Å². The van der Waals surface area contributed by atoms with Crippen LogP contribution >= 0.6 is 15.9 Å². The Morgan fingerprint density at radius 3 is 2.94 bits per heavy atom. The lowest BCUT2D eigenvalue weighted by Gasteiger charge is -2.35. The number of rotatable bonds is 2. The van der Waals surface area contributed by atoms with Crippen molar-refractivity contribution in [1.82, 2.24) is 5.32 Å². The zero-order valence-corrected chi connectivity index (χ0v) is 11.0. The third-order valence-corrected chi connectivity index (χ3v) is 3.55. The molecule has 1 fully saturated rings. The maximum absolute atomic E-state index is 11.6. The van der Waals surface area contributed by atoms with Gasteiger partial charge in [-0.15, -0.1) is 0 Å². The highest BCUT2D eigenvalue weighted by atomic mass is 79.9. The number of benzene rings is 1. The van der Waals surface area contributed by atoms with Crippen LogP contribution in [-0.2, 0) is 4.79 Å². The molecule has 0 radical (unpaired) electrons. The van der Waals surface area contributed by atoms with E-state index < -0.39 is 0 Å². The minimum Gasteiger partial charge on any atom is -0.357 e. The van der Waals surface area contributed by atoms with Gasteiger partial charge in [0.1, 0.15) is 12.3 Å². The van der Waals surface area contributed by atoms with Crippen LogP contribution in [0.2, 0.25) is 0 Å². The van der Waals surface area contributed by atoms with Crippen molar-refractivity contribution in [3.63, 3.8) is 0 Å². The Morgan fingerprint density at radius 1 is 1.53 bits per heavy atom. The number of piperazine rings is 1. The molecule has 0 spiro atoms. The molecule has 90 valence electrons. The highest BCUT2D eigenvalue weighted by Gasteiger charge is 2.26. The van der Waals surface area contributed by atoms with Crippen LogP contribution in [0.1, 0.15) is 17.3 Å². The largest absolute Gasteiger partial charge is 0.357 e. The van der Waals surface area contributed by atoms with Crippen molar-refractivity contribution in [3.8, 4) is 0 Å². The Kier molecular flexibility index (Phi) is 3.47. The van der Waals surface area contributed by atoms with Crippen LogP contribution < -0.4 is 10.2 Å². The number of carbonyl (C=O) groups is 2. The van der Waals surface area contributed by atoms with Gasteiger partial charge in [0.05, 0.1) is 5.69 Å². The molecule has 1 aromatic carbocycles. The maximum Gasteiger partial charge on any atom is 0.242 e. The summed E-state index contributed by atoms with van der Waals surface area (Å²) in [4.78, 5) is 24.3. The first-order valence-electron chi connectivity index (χ1n) is 5.42. The molecule has 0 saturated carbocycles. The number of carbonyl (C=O) groups excluding carboxylic acids is 2.